The first-order chi connectivity index (χ1) is 14.5. The van der Waals surface area contributed by atoms with Crippen molar-refractivity contribution in [3.63, 3.8) is 0 Å². The van der Waals surface area contributed by atoms with E-state index in [0.717, 1.165) is 56.4 Å². The van der Waals surface area contributed by atoms with Crippen LogP contribution in [0.3, 0.4) is 0 Å². The van der Waals surface area contributed by atoms with Gasteiger partial charge in [0.05, 0.1) is 0 Å². The second-order valence-electron chi connectivity index (χ2n) is 8.81. The number of anilines is 1. The zero-order valence-electron chi connectivity index (χ0n) is 17.9. The second kappa shape index (κ2) is 8.90. The molecular formula is C25H31N3O2. The van der Waals surface area contributed by atoms with E-state index in [2.05, 4.69) is 36.6 Å². The number of carbonyl (C=O) groups is 2. The monoisotopic (exact) mass is 405 g/mol. The van der Waals surface area contributed by atoms with Gasteiger partial charge in [0.1, 0.15) is 0 Å². The molecule has 0 spiro atoms. The number of nitrogens with zero attached hydrogens (tertiary/aromatic N) is 1. The van der Waals surface area contributed by atoms with Gasteiger partial charge in [0, 0.05) is 30.4 Å². The van der Waals surface area contributed by atoms with Crippen LogP contribution in [-0.2, 0) is 6.42 Å². The summed E-state index contributed by atoms with van der Waals surface area (Å²) >= 11 is 0. The highest BCUT2D eigenvalue weighted by molar-refractivity contribution is 5.94. The van der Waals surface area contributed by atoms with E-state index in [4.69, 9.17) is 0 Å². The number of aryl methyl sites for hydroxylation is 2. The highest BCUT2D eigenvalue weighted by Crippen LogP contribution is 2.24. The van der Waals surface area contributed by atoms with Crippen molar-refractivity contribution < 1.29 is 9.59 Å². The number of likely N-dealkylation sites (tertiary alicyclic amines) is 1. The van der Waals surface area contributed by atoms with E-state index in [1.165, 1.54) is 16.7 Å². The molecule has 5 nitrogen and oxygen atoms in total. The van der Waals surface area contributed by atoms with Gasteiger partial charge in [-0.05, 0) is 92.8 Å². The Balaban J connectivity index is 1.24. The van der Waals surface area contributed by atoms with Crippen LogP contribution >= 0.6 is 0 Å². The molecule has 3 amide bonds. The first kappa shape index (κ1) is 20.5. The highest BCUT2D eigenvalue weighted by atomic mass is 16.2. The molecule has 1 saturated carbocycles. The van der Waals surface area contributed by atoms with Crippen LogP contribution in [-0.4, -0.2) is 36.0 Å². The Morgan fingerprint density at radius 3 is 2.27 bits per heavy atom. The van der Waals surface area contributed by atoms with Crippen molar-refractivity contribution in [1.29, 1.82) is 0 Å². The Hall–Kier alpha value is -2.82. The first-order valence-electron chi connectivity index (χ1n) is 11.0. The minimum absolute atomic E-state index is 0.0114. The van der Waals surface area contributed by atoms with Crippen molar-refractivity contribution in [1.82, 2.24) is 10.2 Å². The predicted molar refractivity (Wildman–Crippen MR) is 120 cm³/mol. The third kappa shape index (κ3) is 5.21. The van der Waals surface area contributed by atoms with E-state index in [1.807, 2.05) is 35.2 Å². The SMILES string of the molecule is Cc1ccc(NC(=O)N2CCC(Cc3ccc(C(=O)NC4CC4)cc3)CC2)cc1C. The highest BCUT2D eigenvalue weighted by Gasteiger charge is 2.25. The molecule has 158 valence electrons. The molecule has 2 fully saturated rings. The first-order valence-corrected chi connectivity index (χ1v) is 11.0. The number of piperidine rings is 1. The van der Waals surface area contributed by atoms with E-state index >= 15 is 0 Å². The molecule has 2 N–H and O–H groups in total. The zero-order valence-corrected chi connectivity index (χ0v) is 17.9. The number of amides is 3. The predicted octanol–water partition coefficient (Wildman–Crippen LogP) is 4.68. The number of hydrogen-bond donors (Lipinski definition) is 2. The molecule has 0 atom stereocenters. The molecule has 1 aliphatic heterocycles. The molecule has 2 aromatic carbocycles. The Morgan fingerprint density at radius 1 is 0.933 bits per heavy atom. The lowest BCUT2D eigenvalue weighted by Crippen LogP contribution is -2.41. The van der Waals surface area contributed by atoms with Gasteiger partial charge in [-0.2, -0.15) is 0 Å². The van der Waals surface area contributed by atoms with Crippen LogP contribution in [0.2, 0.25) is 0 Å². The molecule has 0 bridgehead atoms. The summed E-state index contributed by atoms with van der Waals surface area (Å²) in [4.78, 5) is 26.6. The number of urea groups is 1. The molecule has 30 heavy (non-hydrogen) atoms. The summed E-state index contributed by atoms with van der Waals surface area (Å²) in [5, 5.41) is 6.06. The summed E-state index contributed by atoms with van der Waals surface area (Å²) in [5.41, 5.74) is 5.27. The average molecular weight is 406 g/mol. The molecule has 4 rings (SSSR count). The molecule has 0 aromatic heterocycles. The van der Waals surface area contributed by atoms with Crippen molar-refractivity contribution in [2.45, 2.75) is 52.0 Å². The van der Waals surface area contributed by atoms with Gasteiger partial charge in [0.15, 0.2) is 0 Å². The summed E-state index contributed by atoms with van der Waals surface area (Å²) in [6.07, 6.45) is 5.21. The van der Waals surface area contributed by atoms with Crippen LogP contribution in [0.4, 0.5) is 10.5 Å². The summed E-state index contributed by atoms with van der Waals surface area (Å²) in [6, 6.07) is 14.4. The van der Waals surface area contributed by atoms with E-state index in [0.29, 0.717) is 12.0 Å². The largest absolute Gasteiger partial charge is 0.349 e. The van der Waals surface area contributed by atoms with E-state index in [1.54, 1.807) is 0 Å². The van der Waals surface area contributed by atoms with Crippen molar-refractivity contribution in [3.05, 3.63) is 64.7 Å². The van der Waals surface area contributed by atoms with E-state index in [-0.39, 0.29) is 11.9 Å². The smallest absolute Gasteiger partial charge is 0.321 e. The quantitative estimate of drug-likeness (QED) is 0.759. The van der Waals surface area contributed by atoms with Crippen LogP contribution in [0.15, 0.2) is 42.5 Å². The summed E-state index contributed by atoms with van der Waals surface area (Å²) in [5.74, 6) is 0.606. The number of rotatable bonds is 5. The fourth-order valence-electron chi connectivity index (χ4n) is 3.98. The van der Waals surface area contributed by atoms with Crippen molar-refractivity contribution in [2.24, 2.45) is 5.92 Å². The lowest BCUT2D eigenvalue weighted by molar-refractivity contribution is 0.0951. The maximum atomic E-state index is 12.6. The van der Waals surface area contributed by atoms with Gasteiger partial charge in [-0.1, -0.05) is 18.2 Å². The zero-order chi connectivity index (χ0) is 21.1. The Kier molecular flexibility index (Phi) is 6.07. The maximum absolute atomic E-state index is 12.6. The Bertz CT molecular complexity index is 910. The molecular weight excluding hydrogens is 374 g/mol. The molecule has 0 radical (unpaired) electrons. The maximum Gasteiger partial charge on any atom is 0.321 e. The third-order valence-electron chi connectivity index (χ3n) is 6.31. The average Bonchev–Trinajstić information content (AvgIpc) is 3.56. The minimum atomic E-state index is -0.0114. The Morgan fingerprint density at radius 2 is 1.63 bits per heavy atom. The summed E-state index contributed by atoms with van der Waals surface area (Å²) in [7, 11) is 0. The van der Waals surface area contributed by atoms with Gasteiger partial charge in [-0.15, -0.1) is 0 Å². The molecule has 1 saturated heterocycles. The van der Waals surface area contributed by atoms with Gasteiger partial charge < -0.3 is 15.5 Å². The number of nitrogens with one attached hydrogen (secondary N) is 2. The molecule has 1 heterocycles. The topological polar surface area (TPSA) is 61.4 Å². The van der Waals surface area contributed by atoms with Crippen molar-refractivity contribution in [2.75, 3.05) is 18.4 Å². The molecule has 1 aliphatic carbocycles. The molecule has 0 unspecified atom stereocenters. The van der Waals surface area contributed by atoms with Crippen LogP contribution in [0, 0.1) is 19.8 Å². The summed E-state index contributed by atoms with van der Waals surface area (Å²) < 4.78 is 0. The van der Waals surface area contributed by atoms with Crippen LogP contribution < -0.4 is 10.6 Å². The number of hydrogen-bond acceptors (Lipinski definition) is 2. The van der Waals surface area contributed by atoms with Crippen molar-refractivity contribution in [3.8, 4) is 0 Å². The van der Waals surface area contributed by atoms with Gasteiger partial charge in [0.2, 0.25) is 0 Å². The fourth-order valence-corrected chi connectivity index (χ4v) is 3.98. The summed E-state index contributed by atoms with van der Waals surface area (Å²) in [6.45, 7) is 5.69. The minimum Gasteiger partial charge on any atom is -0.349 e. The normalized spacial score (nSPS) is 16.9. The number of carbonyl (C=O) groups excluding carboxylic acids is 2. The second-order valence-corrected chi connectivity index (χ2v) is 8.81. The van der Waals surface area contributed by atoms with Gasteiger partial charge in [-0.3, -0.25) is 4.79 Å². The molecule has 2 aliphatic rings. The van der Waals surface area contributed by atoms with Crippen LogP contribution in [0.25, 0.3) is 0 Å². The Labute approximate surface area is 178 Å². The van der Waals surface area contributed by atoms with Gasteiger partial charge in [0.25, 0.3) is 5.91 Å². The molecule has 2 aromatic rings. The van der Waals surface area contributed by atoms with Crippen LogP contribution in [0.1, 0.15) is 52.7 Å². The van der Waals surface area contributed by atoms with E-state index in [9.17, 15) is 9.59 Å². The van der Waals surface area contributed by atoms with Crippen molar-refractivity contribution >= 4 is 17.6 Å². The lowest BCUT2D eigenvalue weighted by atomic mass is 9.90. The molecule has 5 heteroatoms. The van der Waals surface area contributed by atoms with Crippen LogP contribution in [0.5, 0.6) is 0 Å². The van der Waals surface area contributed by atoms with Gasteiger partial charge >= 0.3 is 6.03 Å². The fraction of sp³-hybridized carbons (Fsp3) is 0.440. The number of benzene rings is 2. The third-order valence-corrected chi connectivity index (χ3v) is 6.31. The standard InChI is InChI=1S/C25H31N3O2/c1-17-3-8-23(15-18(17)2)27-25(30)28-13-11-20(12-14-28)16-19-4-6-21(7-5-19)24(29)26-22-9-10-22/h3-8,15,20,22H,9-14,16H2,1-2H3,(H,26,29)(H,27,30). The van der Waals surface area contributed by atoms with Gasteiger partial charge in [-0.25, -0.2) is 4.79 Å². The lowest BCUT2D eigenvalue weighted by Gasteiger charge is -2.32. The van der Waals surface area contributed by atoms with E-state index < -0.39 is 0 Å².